The Morgan fingerprint density at radius 3 is 2.70 bits per heavy atom. The number of nitrogens with one attached hydrogen (secondary N) is 1. The lowest BCUT2D eigenvalue weighted by atomic mass is 10.2. The third-order valence-electron chi connectivity index (χ3n) is 6.50. The van der Waals surface area contributed by atoms with E-state index in [-0.39, 0.29) is 5.95 Å². The summed E-state index contributed by atoms with van der Waals surface area (Å²) in [6, 6.07) is 11.5. The average molecular weight is 517 g/mol. The summed E-state index contributed by atoms with van der Waals surface area (Å²) in [6.45, 7) is 4.00. The average Bonchev–Trinajstić information content (AvgIpc) is 3.38. The minimum atomic E-state index is -3.48. The Balaban J connectivity index is 1.27. The molecule has 37 heavy (non-hydrogen) atoms. The molecule has 5 aromatic rings. The number of anilines is 3. The molecular formula is C25H24N8O3S. The van der Waals surface area contributed by atoms with Crippen molar-refractivity contribution in [2.45, 2.75) is 25.5 Å². The van der Waals surface area contributed by atoms with Crippen molar-refractivity contribution in [3.63, 3.8) is 0 Å². The molecule has 1 fully saturated rings. The van der Waals surface area contributed by atoms with Gasteiger partial charge in [0.25, 0.3) is 0 Å². The molecular weight excluding hydrogens is 492 g/mol. The van der Waals surface area contributed by atoms with Gasteiger partial charge in [0.15, 0.2) is 5.82 Å². The summed E-state index contributed by atoms with van der Waals surface area (Å²) in [5, 5.41) is 2.81. The van der Waals surface area contributed by atoms with E-state index in [0.717, 1.165) is 22.3 Å². The quantitative estimate of drug-likeness (QED) is 0.367. The van der Waals surface area contributed by atoms with Gasteiger partial charge in [-0.2, -0.15) is 0 Å². The summed E-state index contributed by atoms with van der Waals surface area (Å²) >= 11 is 0. The van der Waals surface area contributed by atoms with Crippen molar-refractivity contribution in [3.05, 3.63) is 60.8 Å². The lowest BCUT2D eigenvalue weighted by Crippen LogP contribution is -2.29. The van der Waals surface area contributed by atoms with E-state index in [1.165, 1.54) is 16.8 Å². The Morgan fingerprint density at radius 2 is 1.92 bits per heavy atom. The molecule has 6 rings (SSSR count). The molecule has 1 saturated heterocycles. The van der Waals surface area contributed by atoms with Crippen LogP contribution in [0.2, 0.25) is 0 Å². The van der Waals surface area contributed by atoms with Crippen LogP contribution in [0.25, 0.3) is 22.1 Å². The van der Waals surface area contributed by atoms with Crippen molar-refractivity contribution in [2.75, 3.05) is 16.2 Å². The molecule has 2 aromatic carbocycles. The minimum absolute atomic E-state index is 0.125. The third kappa shape index (κ3) is 4.08. The number of hydrogen-bond acceptors (Lipinski definition) is 9. The Bertz CT molecular complexity index is 1770. The molecule has 3 aromatic heterocycles. The van der Waals surface area contributed by atoms with Crippen LogP contribution >= 0.6 is 0 Å². The molecule has 1 aliphatic rings. The largest absolute Gasteiger partial charge is 0.457 e. The van der Waals surface area contributed by atoms with E-state index in [1.807, 2.05) is 54.9 Å². The van der Waals surface area contributed by atoms with Crippen molar-refractivity contribution in [3.8, 4) is 11.5 Å². The molecule has 0 saturated carbocycles. The number of benzene rings is 2. The van der Waals surface area contributed by atoms with Crippen LogP contribution in [0, 0.1) is 6.92 Å². The molecule has 1 atom stereocenters. The molecule has 0 aliphatic carbocycles. The van der Waals surface area contributed by atoms with Gasteiger partial charge in [0, 0.05) is 25.3 Å². The van der Waals surface area contributed by atoms with Crippen LogP contribution in [0.15, 0.2) is 55.2 Å². The van der Waals surface area contributed by atoms with Gasteiger partial charge < -0.3 is 14.6 Å². The first-order valence-corrected chi connectivity index (χ1v) is 13.3. The van der Waals surface area contributed by atoms with Gasteiger partial charge >= 0.3 is 0 Å². The number of hydrogen-bond donors (Lipinski definition) is 1. The Morgan fingerprint density at radius 1 is 1.05 bits per heavy atom. The highest BCUT2D eigenvalue weighted by atomic mass is 32.2. The van der Waals surface area contributed by atoms with Crippen molar-refractivity contribution in [2.24, 2.45) is 7.05 Å². The first kappa shape index (κ1) is 23.1. The van der Waals surface area contributed by atoms with Gasteiger partial charge in [-0.15, -0.1) is 0 Å². The van der Waals surface area contributed by atoms with Gasteiger partial charge in [-0.05, 0) is 56.2 Å². The fourth-order valence-corrected chi connectivity index (χ4v) is 5.86. The number of rotatable bonds is 5. The number of nitrogens with zero attached hydrogens (tertiary/aromatic N) is 7. The molecule has 1 unspecified atom stereocenters. The van der Waals surface area contributed by atoms with E-state index in [4.69, 9.17) is 4.74 Å². The van der Waals surface area contributed by atoms with Crippen molar-refractivity contribution in [1.29, 1.82) is 0 Å². The number of imidazole rings is 1. The lowest BCUT2D eigenvalue weighted by molar-refractivity contribution is 0.479. The van der Waals surface area contributed by atoms with Crippen LogP contribution in [0.5, 0.6) is 11.5 Å². The first-order valence-electron chi connectivity index (χ1n) is 11.8. The molecule has 0 amide bonds. The van der Waals surface area contributed by atoms with Gasteiger partial charge in [-0.1, -0.05) is 0 Å². The summed E-state index contributed by atoms with van der Waals surface area (Å²) in [5.41, 5.74) is 4.52. The molecule has 0 radical (unpaired) electrons. The van der Waals surface area contributed by atoms with Gasteiger partial charge in [0.05, 0.1) is 28.8 Å². The summed E-state index contributed by atoms with van der Waals surface area (Å²) in [5.74, 6) is 1.99. The molecule has 0 bridgehead atoms. The Kier molecular flexibility index (Phi) is 5.41. The molecule has 4 heterocycles. The normalized spacial score (nSPS) is 16.9. The zero-order valence-corrected chi connectivity index (χ0v) is 21.3. The molecule has 188 valence electrons. The highest BCUT2D eigenvalue weighted by molar-refractivity contribution is 7.93. The smallest absolute Gasteiger partial charge is 0.240 e. The van der Waals surface area contributed by atoms with E-state index in [0.29, 0.717) is 41.3 Å². The van der Waals surface area contributed by atoms with Crippen LogP contribution < -0.4 is 14.4 Å². The predicted octanol–water partition coefficient (Wildman–Crippen LogP) is 4.08. The molecule has 0 spiro atoms. The van der Waals surface area contributed by atoms with E-state index in [1.54, 1.807) is 13.3 Å². The maximum absolute atomic E-state index is 12.7. The Hall–Kier alpha value is -4.32. The number of sulfonamides is 1. The highest BCUT2D eigenvalue weighted by Gasteiger charge is 2.37. The van der Waals surface area contributed by atoms with E-state index in [9.17, 15) is 8.42 Å². The zero-order valence-electron chi connectivity index (χ0n) is 20.5. The topological polar surface area (TPSA) is 128 Å². The summed E-state index contributed by atoms with van der Waals surface area (Å²) in [7, 11) is -1.53. The molecule has 1 N–H and O–H groups in total. The Labute approximate surface area is 213 Å². The fraction of sp³-hybridized carbons (Fsp3) is 0.240. The van der Waals surface area contributed by atoms with E-state index < -0.39 is 15.3 Å². The minimum Gasteiger partial charge on any atom is -0.457 e. The van der Waals surface area contributed by atoms with Gasteiger partial charge in [-0.25, -0.2) is 37.6 Å². The number of aryl methyl sites for hydroxylation is 2. The van der Waals surface area contributed by atoms with Crippen LogP contribution in [0.4, 0.5) is 17.5 Å². The van der Waals surface area contributed by atoms with E-state index in [2.05, 4.69) is 30.2 Å². The fourth-order valence-electron chi connectivity index (χ4n) is 4.35. The maximum Gasteiger partial charge on any atom is 0.240 e. The number of fused-ring (bicyclic) bond motifs is 2. The number of aromatic nitrogens is 6. The second-order valence-corrected chi connectivity index (χ2v) is 11.3. The van der Waals surface area contributed by atoms with Gasteiger partial charge in [0.2, 0.25) is 16.0 Å². The van der Waals surface area contributed by atoms with E-state index >= 15 is 0 Å². The molecule has 12 heteroatoms. The highest BCUT2D eigenvalue weighted by Crippen LogP contribution is 2.32. The third-order valence-corrected chi connectivity index (χ3v) is 8.72. The van der Waals surface area contributed by atoms with Crippen molar-refractivity contribution >= 4 is 49.5 Å². The number of ether oxygens (including phenoxy) is 1. The van der Waals surface area contributed by atoms with Crippen molar-refractivity contribution in [1.82, 2.24) is 29.5 Å². The summed E-state index contributed by atoms with van der Waals surface area (Å²) in [6.07, 6.45) is 5.24. The monoisotopic (exact) mass is 516 g/mol. The van der Waals surface area contributed by atoms with Gasteiger partial charge in [0.1, 0.15) is 28.9 Å². The lowest BCUT2D eigenvalue weighted by Gasteiger charge is -2.16. The maximum atomic E-state index is 12.7. The second-order valence-electron chi connectivity index (χ2n) is 9.06. The van der Waals surface area contributed by atoms with Gasteiger partial charge in [-0.3, -0.25) is 0 Å². The summed E-state index contributed by atoms with van der Waals surface area (Å²) < 4.78 is 34.6. The molecule has 1 aliphatic heterocycles. The van der Waals surface area contributed by atoms with Crippen molar-refractivity contribution < 1.29 is 13.2 Å². The summed E-state index contributed by atoms with van der Waals surface area (Å²) in [4.78, 5) is 21.7. The van der Waals surface area contributed by atoms with Crippen LogP contribution in [0.1, 0.15) is 18.9 Å². The first-order chi connectivity index (χ1) is 17.8. The molecule has 11 nitrogen and oxygen atoms in total. The zero-order chi connectivity index (χ0) is 25.7. The predicted molar refractivity (Wildman–Crippen MR) is 141 cm³/mol. The van der Waals surface area contributed by atoms with Crippen LogP contribution in [0.3, 0.4) is 0 Å². The standard InChI is InChI=1S/C25H24N8O3S/c1-15-10-17(4-7-22(15)36-18-5-6-21-19(11-18)29-14-32(21)3)30-24-23-20(27-13-28-24)12-26-25(31-23)33-9-8-16(2)37(33,34)35/h4-7,10-14,16H,8-9H2,1-3H3,(H,27,28,30). The van der Waals surface area contributed by atoms with Crippen LogP contribution in [-0.4, -0.2) is 49.7 Å². The second kappa shape index (κ2) is 8.66. The SMILES string of the molecule is Cc1cc(Nc2ncnc3cnc(N4CCC(C)S4(=O)=O)nc23)ccc1Oc1ccc2c(c1)ncn2C. The van der Waals surface area contributed by atoms with Crippen LogP contribution in [-0.2, 0) is 17.1 Å².